The normalized spacial score (nSPS) is 10.3. The summed E-state index contributed by atoms with van der Waals surface area (Å²) in [5, 5.41) is 13.9. The van der Waals surface area contributed by atoms with Gasteiger partial charge in [-0.3, -0.25) is 9.59 Å². The van der Waals surface area contributed by atoms with E-state index in [1.807, 2.05) is 31.2 Å². The van der Waals surface area contributed by atoms with Crippen molar-refractivity contribution < 1.29 is 9.59 Å². The Morgan fingerprint density at radius 3 is 2.19 bits per heavy atom. The lowest BCUT2D eigenvalue weighted by Crippen LogP contribution is -2.16. The molecule has 1 heterocycles. The number of ketones is 1. The lowest BCUT2D eigenvalue weighted by atomic mass is 10.1. The van der Waals surface area contributed by atoms with Gasteiger partial charge in [-0.1, -0.05) is 24.3 Å². The molecule has 136 valence electrons. The van der Waals surface area contributed by atoms with Gasteiger partial charge in [-0.25, -0.2) is 0 Å². The van der Waals surface area contributed by atoms with Gasteiger partial charge in [0.25, 0.3) is 0 Å². The second-order valence-electron chi connectivity index (χ2n) is 6.21. The van der Waals surface area contributed by atoms with Crippen molar-refractivity contribution in [1.82, 2.24) is 10.2 Å². The van der Waals surface area contributed by atoms with E-state index >= 15 is 0 Å². The highest BCUT2D eigenvalue weighted by Gasteiger charge is 2.07. The van der Waals surface area contributed by atoms with E-state index in [0.29, 0.717) is 17.2 Å². The fraction of sp³-hybridized carbons (Fsp3) is 0.143. The molecule has 0 atom stereocenters. The Kier molecular flexibility index (Phi) is 5.56. The van der Waals surface area contributed by atoms with Gasteiger partial charge in [0, 0.05) is 11.3 Å². The molecule has 2 aromatic carbocycles. The van der Waals surface area contributed by atoms with Crippen LogP contribution in [0.25, 0.3) is 0 Å². The smallest absolute Gasteiger partial charge is 0.230 e. The molecule has 27 heavy (non-hydrogen) atoms. The maximum absolute atomic E-state index is 12.2. The first kappa shape index (κ1) is 18.3. The molecule has 0 aliphatic heterocycles. The summed E-state index contributed by atoms with van der Waals surface area (Å²) in [5.74, 6) is 0.819. The summed E-state index contributed by atoms with van der Waals surface area (Å²) in [6.07, 6.45) is 0.289. The van der Waals surface area contributed by atoms with E-state index in [0.717, 1.165) is 16.8 Å². The van der Waals surface area contributed by atoms with Gasteiger partial charge in [-0.15, -0.1) is 10.2 Å². The molecule has 6 heteroatoms. The highest BCUT2D eigenvalue weighted by molar-refractivity contribution is 5.94. The van der Waals surface area contributed by atoms with Crippen molar-refractivity contribution in [2.45, 2.75) is 20.3 Å². The van der Waals surface area contributed by atoms with Crippen LogP contribution in [-0.4, -0.2) is 21.9 Å². The van der Waals surface area contributed by atoms with Gasteiger partial charge in [0.2, 0.25) is 5.91 Å². The summed E-state index contributed by atoms with van der Waals surface area (Å²) >= 11 is 0. The van der Waals surface area contributed by atoms with E-state index < -0.39 is 0 Å². The van der Waals surface area contributed by atoms with Crippen molar-refractivity contribution in [3.05, 3.63) is 77.4 Å². The van der Waals surface area contributed by atoms with Crippen LogP contribution in [0.4, 0.5) is 17.3 Å². The number of nitrogens with one attached hydrogen (secondary N) is 2. The Morgan fingerprint density at radius 2 is 1.56 bits per heavy atom. The summed E-state index contributed by atoms with van der Waals surface area (Å²) < 4.78 is 0. The molecular formula is C21H20N4O2. The van der Waals surface area contributed by atoms with Crippen molar-refractivity contribution in [3.63, 3.8) is 0 Å². The third-order valence-corrected chi connectivity index (χ3v) is 4.11. The van der Waals surface area contributed by atoms with Crippen LogP contribution < -0.4 is 10.6 Å². The van der Waals surface area contributed by atoms with Crippen molar-refractivity contribution in [2.24, 2.45) is 0 Å². The number of amides is 1. The predicted octanol–water partition coefficient (Wildman–Crippen LogP) is 3.91. The fourth-order valence-corrected chi connectivity index (χ4v) is 2.57. The molecule has 3 rings (SSSR count). The summed E-state index contributed by atoms with van der Waals surface area (Å²) in [5.41, 5.74) is 3.51. The Morgan fingerprint density at radius 1 is 0.889 bits per heavy atom. The van der Waals surface area contributed by atoms with E-state index in [2.05, 4.69) is 20.8 Å². The summed E-state index contributed by atoms with van der Waals surface area (Å²) in [4.78, 5) is 23.5. The van der Waals surface area contributed by atoms with Crippen LogP contribution in [0, 0.1) is 6.92 Å². The van der Waals surface area contributed by atoms with Gasteiger partial charge < -0.3 is 10.6 Å². The van der Waals surface area contributed by atoms with Crippen LogP contribution in [0.1, 0.15) is 28.4 Å². The average molecular weight is 360 g/mol. The van der Waals surface area contributed by atoms with E-state index in [1.54, 1.807) is 36.4 Å². The van der Waals surface area contributed by atoms with Crippen LogP contribution in [0.3, 0.4) is 0 Å². The lowest BCUT2D eigenvalue weighted by molar-refractivity contribution is -0.115. The molecule has 0 saturated heterocycles. The average Bonchev–Trinajstić information content (AvgIpc) is 2.66. The third-order valence-electron chi connectivity index (χ3n) is 4.11. The third kappa shape index (κ3) is 4.98. The number of carbonyl (C=O) groups is 2. The molecule has 0 bridgehead atoms. The number of benzene rings is 2. The number of hydrogen-bond donors (Lipinski definition) is 2. The number of nitrogens with zero attached hydrogens (tertiary/aromatic N) is 2. The van der Waals surface area contributed by atoms with Crippen LogP contribution in [0.5, 0.6) is 0 Å². The molecule has 0 saturated carbocycles. The predicted molar refractivity (Wildman–Crippen MR) is 105 cm³/mol. The monoisotopic (exact) mass is 360 g/mol. The second-order valence-corrected chi connectivity index (χ2v) is 6.21. The van der Waals surface area contributed by atoms with Gasteiger partial charge >= 0.3 is 0 Å². The quantitative estimate of drug-likeness (QED) is 0.651. The number of Topliss-reactive ketones (excluding diaryl/α,β-unsaturated/α-hetero) is 1. The van der Waals surface area contributed by atoms with E-state index in [4.69, 9.17) is 0 Å². The highest BCUT2D eigenvalue weighted by Crippen LogP contribution is 2.16. The summed E-state index contributed by atoms with van der Waals surface area (Å²) in [7, 11) is 0. The van der Waals surface area contributed by atoms with Crippen molar-refractivity contribution in [3.8, 4) is 0 Å². The van der Waals surface area contributed by atoms with Gasteiger partial charge in [0.1, 0.15) is 0 Å². The molecule has 1 aromatic heterocycles. The summed E-state index contributed by atoms with van der Waals surface area (Å²) in [6.45, 7) is 3.51. The van der Waals surface area contributed by atoms with Crippen molar-refractivity contribution >= 4 is 29.0 Å². The number of anilines is 3. The van der Waals surface area contributed by atoms with Gasteiger partial charge in [0.15, 0.2) is 17.4 Å². The Bertz CT molecular complexity index is 951. The first-order valence-corrected chi connectivity index (χ1v) is 8.57. The number of rotatable bonds is 6. The van der Waals surface area contributed by atoms with Gasteiger partial charge in [-0.2, -0.15) is 0 Å². The minimum absolute atomic E-state index is 0.0205. The van der Waals surface area contributed by atoms with Gasteiger partial charge in [0.05, 0.1) is 6.42 Å². The molecule has 0 spiro atoms. The molecule has 0 radical (unpaired) electrons. The molecule has 1 amide bonds. The highest BCUT2D eigenvalue weighted by atomic mass is 16.1. The topological polar surface area (TPSA) is 84.0 Å². The largest absolute Gasteiger partial charge is 0.339 e. The molecule has 0 fully saturated rings. The Hall–Kier alpha value is -3.54. The minimum atomic E-state index is -0.140. The first-order valence-electron chi connectivity index (χ1n) is 8.57. The molecule has 6 nitrogen and oxygen atoms in total. The SMILES string of the molecule is CC(=O)c1ccc(Nc2ccc(NC(=O)Cc3ccccc3C)nn2)cc1. The van der Waals surface area contributed by atoms with E-state index in [-0.39, 0.29) is 18.1 Å². The van der Waals surface area contributed by atoms with Crippen LogP contribution in [-0.2, 0) is 11.2 Å². The van der Waals surface area contributed by atoms with Gasteiger partial charge in [-0.05, 0) is 61.4 Å². The molecular weight excluding hydrogens is 340 g/mol. The van der Waals surface area contributed by atoms with Crippen molar-refractivity contribution in [1.29, 1.82) is 0 Å². The summed E-state index contributed by atoms with van der Waals surface area (Å²) in [6, 6.07) is 18.3. The van der Waals surface area contributed by atoms with E-state index in [1.165, 1.54) is 6.92 Å². The Labute approximate surface area is 157 Å². The maximum atomic E-state index is 12.2. The molecule has 3 aromatic rings. The van der Waals surface area contributed by atoms with Crippen LogP contribution in [0.2, 0.25) is 0 Å². The van der Waals surface area contributed by atoms with Crippen LogP contribution in [0.15, 0.2) is 60.7 Å². The van der Waals surface area contributed by atoms with Crippen LogP contribution >= 0.6 is 0 Å². The standard InChI is InChI=1S/C21H20N4O2/c1-14-5-3-4-6-17(14)13-21(27)23-20-12-11-19(24-25-20)22-18-9-7-16(8-10-18)15(2)26/h3-12H,13H2,1-2H3,(H,22,24)(H,23,25,27). The zero-order valence-corrected chi connectivity index (χ0v) is 15.2. The number of carbonyl (C=O) groups excluding carboxylic acids is 2. The molecule has 2 N–H and O–H groups in total. The number of aryl methyl sites for hydroxylation is 1. The first-order chi connectivity index (χ1) is 13.0. The second kappa shape index (κ2) is 8.23. The maximum Gasteiger partial charge on any atom is 0.230 e. The number of aromatic nitrogens is 2. The zero-order valence-electron chi connectivity index (χ0n) is 15.2. The van der Waals surface area contributed by atoms with E-state index in [9.17, 15) is 9.59 Å². The molecule has 0 aliphatic rings. The zero-order chi connectivity index (χ0) is 19.2. The molecule has 0 aliphatic carbocycles. The number of hydrogen-bond acceptors (Lipinski definition) is 5. The van der Waals surface area contributed by atoms with Crippen molar-refractivity contribution in [2.75, 3.05) is 10.6 Å². The fourth-order valence-electron chi connectivity index (χ4n) is 2.57. The Balaban J connectivity index is 1.59. The minimum Gasteiger partial charge on any atom is -0.339 e. The lowest BCUT2D eigenvalue weighted by Gasteiger charge is -2.08. The molecule has 0 unspecified atom stereocenters.